The molecule has 0 rings (SSSR count). The summed E-state index contributed by atoms with van der Waals surface area (Å²) in [6.07, 6.45) is 2.60. The molecule has 0 spiro atoms. The number of rotatable bonds is 4. The molecule has 0 aliphatic carbocycles. The Kier molecular flexibility index (Phi) is 4.74. The minimum atomic E-state index is 0.437. The average molecular weight is 158 g/mol. The maximum Gasteiger partial charge on any atom is 0.0891 e. The third kappa shape index (κ3) is 4.41. The lowest BCUT2D eigenvalue weighted by molar-refractivity contribution is -0.946. The fourth-order valence-corrected chi connectivity index (χ4v) is 1.48. The Morgan fingerprint density at radius 2 is 1.27 bits per heavy atom. The van der Waals surface area contributed by atoms with Gasteiger partial charge in [0.2, 0.25) is 0 Å². The van der Waals surface area contributed by atoms with E-state index in [0.717, 1.165) is 0 Å². The topological polar surface area (TPSA) is 4.44 Å². The number of hydrogen-bond acceptors (Lipinski definition) is 0. The predicted molar refractivity (Wildman–Crippen MR) is 51.0 cm³/mol. The molecule has 0 aliphatic rings. The second-order valence-corrected chi connectivity index (χ2v) is 4.35. The summed E-state index contributed by atoms with van der Waals surface area (Å²) in [6, 6.07) is 0. The number of nitrogens with one attached hydrogen (secondary N) is 1. The van der Waals surface area contributed by atoms with Crippen molar-refractivity contribution in [2.24, 2.45) is 0 Å². The molecular formula is C10H24N+. The Labute approximate surface area is 71.8 Å². The first-order chi connectivity index (χ1) is 5.02. The van der Waals surface area contributed by atoms with Gasteiger partial charge >= 0.3 is 0 Å². The summed E-state index contributed by atoms with van der Waals surface area (Å²) in [7, 11) is 0. The van der Waals surface area contributed by atoms with Crippen LogP contribution in [0.3, 0.4) is 0 Å². The molecule has 0 bridgehead atoms. The van der Waals surface area contributed by atoms with E-state index in [1.165, 1.54) is 25.9 Å². The van der Waals surface area contributed by atoms with Crippen LogP contribution in [0.1, 0.15) is 47.5 Å². The molecule has 1 heteroatoms. The maximum atomic E-state index is 2.33. The zero-order valence-electron chi connectivity index (χ0n) is 8.83. The van der Waals surface area contributed by atoms with Gasteiger partial charge in [-0.25, -0.2) is 0 Å². The van der Waals surface area contributed by atoms with E-state index >= 15 is 0 Å². The molecular weight excluding hydrogens is 134 g/mol. The van der Waals surface area contributed by atoms with E-state index in [1.54, 1.807) is 4.90 Å². The first-order valence-electron chi connectivity index (χ1n) is 4.87. The van der Waals surface area contributed by atoms with Crippen molar-refractivity contribution in [3.05, 3.63) is 0 Å². The minimum absolute atomic E-state index is 0.437. The van der Waals surface area contributed by atoms with E-state index in [2.05, 4.69) is 34.6 Å². The number of quaternary nitrogens is 1. The van der Waals surface area contributed by atoms with Crippen LogP contribution in [0.25, 0.3) is 0 Å². The summed E-state index contributed by atoms with van der Waals surface area (Å²) in [4.78, 5) is 1.74. The zero-order valence-corrected chi connectivity index (χ0v) is 8.83. The maximum absolute atomic E-state index is 2.33. The second kappa shape index (κ2) is 4.76. The van der Waals surface area contributed by atoms with Crippen molar-refractivity contribution in [3.63, 3.8) is 0 Å². The van der Waals surface area contributed by atoms with Crippen LogP contribution in [0.4, 0.5) is 0 Å². The first-order valence-corrected chi connectivity index (χ1v) is 4.87. The molecule has 68 valence electrons. The third-order valence-corrected chi connectivity index (χ3v) is 2.16. The van der Waals surface area contributed by atoms with Crippen molar-refractivity contribution in [2.45, 2.75) is 53.0 Å². The van der Waals surface area contributed by atoms with Crippen molar-refractivity contribution < 1.29 is 4.90 Å². The van der Waals surface area contributed by atoms with Gasteiger partial charge in [-0.15, -0.1) is 0 Å². The lowest BCUT2D eigenvalue weighted by Crippen LogP contribution is -3.18. The predicted octanol–water partition coefficient (Wildman–Crippen LogP) is 1.49. The highest BCUT2D eigenvalue weighted by Gasteiger charge is 2.22. The minimum Gasteiger partial charge on any atom is -0.331 e. The van der Waals surface area contributed by atoms with Crippen LogP contribution < -0.4 is 4.90 Å². The standard InChI is InChI=1S/C10H23N/c1-6-8-11(9-7-2)10(3,4)5/h6-9H2,1-5H3/p+1. The van der Waals surface area contributed by atoms with E-state index in [1.807, 2.05) is 0 Å². The Morgan fingerprint density at radius 1 is 0.909 bits per heavy atom. The summed E-state index contributed by atoms with van der Waals surface area (Å²) < 4.78 is 0. The van der Waals surface area contributed by atoms with Gasteiger partial charge < -0.3 is 4.90 Å². The van der Waals surface area contributed by atoms with Gasteiger partial charge in [0, 0.05) is 0 Å². The molecule has 0 fully saturated rings. The van der Waals surface area contributed by atoms with Crippen molar-refractivity contribution in [1.82, 2.24) is 0 Å². The van der Waals surface area contributed by atoms with Gasteiger partial charge in [0.15, 0.2) is 0 Å². The van der Waals surface area contributed by atoms with Crippen molar-refractivity contribution in [1.29, 1.82) is 0 Å². The molecule has 0 amide bonds. The highest BCUT2D eigenvalue weighted by molar-refractivity contribution is 4.56. The van der Waals surface area contributed by atoms with Crippen LogP contribution in [-0.2, 0) is 0 Å². The van der Waals surface area contributed by atoms with Crippen LogP contribution >= 0.6 is 0 Å². The fourth-order valence-electron chi connectivity index (χ4n) is 1.48. The molecule has 0 saturated carbocycles. The van der Waals surface area contributed by atoms with E-state index < -0.39 is 0 Å². The van der Waals surface area contributed by atoms with E-state index in [-0.39, 0.29) is 0 Å². The fraction of sp³-hybridized carbons (Fsp3) is 1.00. The molecule has 1 nitrogen and oxygen atoms in total. The molecule has 11 heavy (non-hydrogen) atoms. The molecule has 0 saturated heterocycles. The van der Waals surface area contributed by atoms with Crippen LogP contribution in [0.2, 0.25) is 0 Å². The normalized spacial score (nSPS) is 12.5. The highest BCUT2D eigenvalue weighted by atomic mass is 15.2. The molecule has 0 aromatic heterocycles. The summed E-state index contributed by atoms with van der Waals surface area (Å²) in [6.45, 7) is 14.1. The molecule has 0 radical (unpaired) electrons. The smallest absolute Gasteiger partial charge is 0.0891 e. The molecule has 0 aromatic carbocycles. The van der Waals surface area contributed by atoms with E-state index in [0.29, 0.717) is 5.54 Å². The summed E-state index contributed by atoms with van der Waals surface area (Å²) in [5.74, 6) is 0. The molecule has 0 atom stereocenters. The van der Waals surface area contributed by atoms with Gasteiger partial charge in [0.05, 0.1) is 18.6 Å². The molecule has 0 aromatic rings. The molecule has 0 aliphatic heterocycles. The van der Waals surface area contributed by atoms with Gasteiger partial charge in [0.25, 0.3) is 0 Å². The first kappa shape index (κ1) is 11.0. The van der Waals surface area contributed by atoms with Crippen LogP contribution in [-0.4, -0.2) is 18.6 Å². The quantitative estimate of drug-likeness (QED) is 0.632. The Bertz CT molecular complexity index is 85.5. The van der Waals surface area contributed by atoms with E-state index in [4.69, 9.17) is 0 Å². The number of hydrogen-bond donors (Lipinski definition) is 1. The largest absolute Gasteiger partial charge is 0.331 e. The van der Waals surface area contributed by atoms with E-state index in [9.17, 15) is 0 Å². The Hall–Kier alpha value is -0.0400. The third-order valence-electron chi connectivity index (χ3n) is 2.16. The van der Waals surface area contributed by atoms with Crippen molar-refractivity contribution >= 4 is 0 Å². The zero-order chi connectivity index (χ0) is 8.91. The monoisotopic (exact) mass is 158 g/mol. The molecule has 0 heterocycles. The van der Waals surface area contributed by atoms with Crippen LogP contribution in [0, 0.1) is 0 Å². The van der Waals surface area contributed by atoms with Crippen LogP contribution in [0.15, 0.2) is 0 Å². The van der Waals surface area contributed by atoms with Gasteiger partial charge in [-0.1, -0.05) is 13.8 Å². The highest BCUT2D eigenvalue weighted by Crippen LogP contribution is 1.92. The van der Waals surface area contributed by atoms with Gasteiger partial charge in [-0.3, -0.25) is 0 Å². The van der Waals surface area contributed by atoms with Crippen molar-refractivity contribution in [2.75, 3.05) is 13.1 Å². The molecule has 1 N–H and O–H groups in total. The lowest BCUT2D eigenvalue weighted by atomic mass is 10.1. The van der Waals surface area contributed by atoms with Crippen LogP contribution in [0.5, 0.6) is 0 Å². The Balaban J connectivity index is 3.88. The molecule has 0 unspecified atom stereocenters. The Morgan fingerprint density at radius 3 is 1.45 bits per heavy atom. The summed E-state index contributed by atoms with van der Waals surface area (Å²) in [5.41, 5.74) is 0.437. The van der Waals surface area contributed by atoms with Gasteiger partial charge in [-0.2, -0.15) is 0 Å². The lowest BCUT2D eigenvalue weighted by Gasteiger charge is -2.31. The second-order valence-electron chi connectivity index (χ2n) is 4.35. The summed E-state index contributed by atoms with van der Waals surface area (Å²) >= 11 is 0. The van der Waals surface area contributed by atoms with Gasteiger partial charge in [0.1, 0.15) is 0 Å². The average Bonchev–Trinajstić information content (AvgIpc) is 1.85. The van der Waals surface area contributed by atoms with Gasteiger partial charge in [-0.05, 0) is 33.6 Å². The van der Waals surface area contributed by atoms with Crippen molar-refractivity contribution in [3.8, 4) is 0 Å². The SMILES string of the molecule is CCC[NH+](CCC)C(C)(C)C. The summed E-state index contributed by atoms with van der Waals surface area (Å²) in [5, 5.41) is 0.